The summed E-state index contributed by atoms with van der Waals surface area (Å²) in [4.78, 5) is 0.688. The van der Waals surface area contributed by atoms with Crippen molar-refractivity contribution in [1.82, 2.24) is 19.8 Å². The maximum absolute atomic E-state index is 9.55. The summed E-state index contributed by atoms with van der Waals surface area (Å²) in [6, 6.07) is 4.40. The van der Waals surface area contributed by atoms with E-state index in [9.17, 15) is 10.2 Å². The van der Waals surface area contributed by atoms with Gasteiger partial charge in [0, 0.05) is 17.0 Å². The van der Waals surface area contributed by atoms with Crippen molar-refractivity contribution in [3.63, 3.8) is 0 Å². The molecular weight excluding hydrogens is 276 g/mol. The number of hydrogen-bond acceptors (Lipinski definition) is 6. The highest BCUT2D eigenvalue weighted by Crippen LogP contribution is 2.32. The Balaban J connectivity index is 2.16. The average Bonchev–Trinajstić information content (AvgIpc) is 2.83. The standard InChI is InChI=1S/C13H14N4O2S/c1-13(2,3)11-14-15-12-17(11)16-10(20-12)7-4-8(18)6-9(19)5-7/h4-6,18-19H,1-3H3. The van der Waals surface area contributed by atoms with Gasteiger partial charge in [0.1, 0.15) is 16.5 Å². The number of phenols is 2. The first kappa shape index (κ1) is 12.9. The molecule has 3 aromatic rings. The molecule has 0 radical (unpaired) electrons. The lowest BCUT2D eigenvalue weighted by molar-refractivity contribution is 0.451. The van der Waals surface area contributed by atoms with Crippen molar-refractivity contribution in [2.75, 3.05) is 0 Å². The molecule has 2 N–H and O–H groups in total. The molecule has 0 saturated carbocycles. The van der Waals surface area contributed by atoms with E-state index in [2.05, 4.69) is 15.3 Å². The van der Waals surface area contributed by atoms with Crippen LogP contribution in [0.1, 0.15) is 26.6 Å². The molecule has 2 aromatic heterocycles. The van der Waals surface area contributed by atoms with E-state index in [-0.39, 0.29) is 16.9 Å². The second-order valence-electron chi connectivity index (χ2n) is 5.61. The van der Waals surface area contributed by atoms with Gasteiger partial charge in [-0.15, -0.1) is 10.2 Å². The molecule has 0 unspecified atom stereocenters. The molecule has 0 bridgehead atoms. The topological polar surface area (TPSA) is 83.5 Å². The van der Waals surface area contributed by atoms with Gasteiger partial charge in [0.15, 0.2) is 5.82 Å². The normalized spacial score (nSPS) is 12.2. The highest BCUT2D eigenvalue weighted by atomic mass is 32.1. The molecule has 1 aromatic carbocycles. The largest absolute Gasteiger partial charge is 0.508 e. The second kappa shape index (κ2) is 4.17. The molecule has 104 valence electrons. The van der Waals surface area contributed by atoms with Crippen molar-refractivity contribution < 1.29 is 10.2 Å². The molecular formula is C13H14N4O2S. The SMILES string of the molecule is CC(C)(C)c1nnc2sc(-c3cc(O)cc(O)c3)nn12. The molecule has 7 heteroatoms. The smallest absolute Gasteiger partial charge is 0.235 e. The Labute approximate surface area is 119 Å². The van der Waals surface area contributed by atoms with Gasteiger partial charge in [0.2, 0.25) is 4.96 Å². The Morgan fingerprint density at radius 2 is 1.70 bits per heavy atom. The number of hydrogen-bond donors (Lipinski definition) is 2. The monoisotopic (exact) mass is 290 g/mol. The first-order valence-electron chi connectivity index (χ1n) is 6.11. The van der Waals surface area contributed by atoms with Crippen molar-refractivity contribution in [2.45, 2.75) is 26.2 Å². The second-order valence-corrected chi connectivity index (χ2v) is 6.57. The number of phenolic OH excluding ortho intramolecular Hbond substituents is 2. The number of aromatic nitrogens is 4. The van der Waals surface area contributed by atoms with Crippen LogP contribution in [-0.4, -0.2) is 30.0 Å². The fourth-order valence-electron chi connectivity index (χ4n) is 1.92. The molecule has 0 aliphatic carbocycles. The van der Waals surface area contributed by atoms with Crippen molar-refractivity contribution in [3.8, 4) is 22.1 Å². The van der Waals surface area contributed by atoms with Crippen LogP contribution >= 0.6 is 11.3 Å². The summed E-state index contributed by atoms with van der Waals surface area (Å²) in [5, 5.41) is 32.5. The Kier molecular flexibility index (Phi) is 2.68. The van der Waals surface area contributed by atoms with E-state index in [1.54, 1.807) is 16.6 Å². The third-order valence-electron chi connectivity index (χ3n) is 2.81. The van der Waals surface area contributed by atoms with Crippen molar-refractivity contribution in [2.24, 2.45) is 0 Å². The summed E-state index contributed by atoms with van der Waals surface area (Å²) < 4.78 is 1.71. The van der Waals surface area contributed by atoms with Crippen molar-refractivity contribution in [3.05, 3.63) is 24.0 Å². The van der Waals surface area contributed by atoms with E-state index in [1.807, 2.05) is 20.8 Å². The van der Waals surface area contributed by atoms with Crippen LogP contribution in [0.4, 0.5) is 0 Å². The summed E-state index contributed by atoms with van der Waals surface area (Å²) in [6.45, 7) is 6.13. The summed E-state index contributed by atoms with van der Waals surface area (Å²) in [7, 11) is 0. The minimum atomic E-state index is -0.161. The number of benzene rings is 1. The third-order valence-corrected chi connectivity index (χ3v) is 3.76. The first-order valence-corrected chi connectivity index (χ1v) is 6.92. The van der Waals surface area contributed by atoms with Crippen LogP contribution in [0.5, 0.6) is 11.5 Å². The molecule has 6 nitrogen and oxygen atoms in total. The van der Waals surface area contributed by atoms with E-state index in [1.165, 1.54) is 17.4 Å². The molecule has 0 fully saturated rings. The molecule has 3 rings (SSSR count). The predicted octanol–water partition coefficient (Wildman–Crippen LogP) is 2.56. The fraction of sp³-hybridized carbons (Fsp3) is 0.308. The minimum absolute atomic E-state index is 0.00186. The van der Waals surface area contributed by atoms with Gasteiger partial charge >= 0.3 is 0 Å². The van der Waals surface area contributed by atoms with Gasteiger partial charge < -0.3 is 10.2 Å². The lowest BCUT2D eigenvalue weighted by Gasteiger charge is -2.13. The molecule has 0 spiro atoms. The Morgan fingerprint density at radius 3 is 2.30 bits per heavy atom. The van der Waals surface area contributed by atoms with E-state index in [4.69, 9.17) is 0 Å². The number of fused-ring (bicyclic) bond motifs is 1. The van der Waals surface area contributed by atoms with E-state index >= 15 is 0 Å². The molecule has 0 atom stereocenters. The molecule has 0 aliphatic rings. The van der Waals surface area contributed by atoms with Gasteiger partial charge in [-0.25, -0.2) is 0 Å². The number of rotatable bonds is 1. The van der Waals surface area contributed by atoms with Gasteiger partial charge in [0.05, 0.1) is 0 Å². The highest BCUT2D eigenvalue weighted by Gasteiger charge is 2.23. The van der Waals surface area contributed by atoms with E-state index in [0.717, 1.165) is 5.82 Å². The Hall–Kier alpha value is -2.15. The highest BCUT2D eigenvalue weighted by molar-refractivity contribution is 7.19. The van der Waals surface area contributed by atoms with Crippen molar-refractivity contribution >= 4 is 16.3 Å². The Morgan fingerprint density at radius 1 is 1.05 bits per heavy atom. The van der Waals surface area contributed by atoms with Gasteiger partial charge in [0.25, 0.3) is 0 Å². The van der Waals surface area contributed by atoms with Crippen LogP contribution in [0.2, 0.25) is 0 Å². The van der Waals surface area contributed by atoms with Crippen molar-refractivity contribution in [1.29, 1.82) is 0 Å². The maximum atomic E-state index is 9.55. The average molecular weight is 290 g/mol. The fourth-order valence-corrected chi connectivity index (χ4v) is 2.75. The summed E-state index contributed by atoms with van der Waals surface area (Å²) in [5.41, 5.74) is 0.490. The van der Waals surface area contributed by atoms with Crippen LogP contribution in [0, 0.1) is 0 Å². The lowest BCUT2D eigenvalue weighted by atomic mass is 9.96. The zero-order chi connectivity index (χ0) is 14.5. The Bertz CT molecular complexity index is 765. The molecule has 20 heavy (non-hydrogen) atoms. The summed E-state index contributed by atoms with van der Waals surface area (Å²) in [6.07, 6.45) is 0. The van der Waals surface area contributed by atoms with E-state index in [0.29, 0.717) is 15.5 Å². The van der Waals surface area contributed by atoms with Crippen LogP contribution in [0.3, 0.4) is 0 Å². The number of aromatic hydroxyl groups is 2. The molecule has 0 amide bonds. The van der Waals surface area contributed by atoms with Gasteiger partial charge in [-0.2, -0.15) is 9.61 Å². The number of nitrogens with zero attached hydrogens (tertiary/aromatic N) is 4. The zero-order valence-electron chi connectivity index (χ0n) is 11.3. The molecule has 0 saturated heterocycles. The van der Waals surface area contributed by atoms with Crippen LogP contribution in [0.15, 0.2) is 18.2 Å². The lowest BCUT2D eigenvalue weighted by Crippen LogP contribution is -2.16. The summed E-state index contributed by atoms with van der Waals surface area (Å²) in [5.74, 6) is 0.781. The van der Waals surface area contributed by atoms with Crippen LogP contribution < -0.4 is 0 Å². The molecule has 2 heterocycles. The third kappa shape index (κ3) is 2.09. The van der Waals surface area contributed by atoms with Gasteiger partial charge in [-0.1, -0.05) is 32.1 Å². The first-order chi connectivity index (χ1) is 9.34. The summed E-state index contributed by atoms with van der Waals surface area (Å²) >= 11 is 1.36. The van der Waals surface area contributed by atoms with E-state index < -0.39 is 0 Å². The predicted molar refractivity (Wildman–Crippen MR) is 76.1 cm³/mol. The van der Waals surface area contributed by atoms with Crippen LogP contribution in [0.25, 0.3) is 15.5 Å². The minimum Gasteiger partial charge on any atom is -0.508 e. The molecule has 0 aliphatic heterocycles. The quantitative estimate of drug-likeness (QED) is 0.719. The van der Waals surface area contributed by atoms with Crippen LogP contribution in [-0.2, 0) is 5.41 Å². The van der Waals surface area contributed by atoms with Gasteiger partial charge in [-0.3, -0.25) is 0 Å². The van der Waals surface area contributed by atoms with Gasteiger partial charge in [-0.05, 0) is 12.1 Å². The zero-order valence-corrected chi connectivity index (χ0v) is 12.1. The maximum Gasteiger partial charge on any atom is 0.235 e.